The molecule has 4 aromatic rings. The summed E-state index contributed by atoms with van der Waals surface area (Å²) in [5.41, 5.74) is 3.07. The van der Waals surface area contributed by atoms with Crippen molar-refractivity contribution in [3.63, 3.8) is 0 Å². The summed E-state index contributed by atoms with van der Waals surface area (Å²) >= 11 is 12.2. The van der Waals surface area contributed by atoms with E-state index in [1.54, 1.807) is 40.1 Å². The SMILES string of the molecule is C/C(=C(/OCc1cn(-c2ccc(Cl)cc2Cl)nn1)c1ccccc1)n1cncn1. The highest BCUT2D eigenvalue weighted by atomic mass is 35.5. The van der Waals surface area contributed by atoms with E-state index < -0.39 is 0 Å². The molecule has 0 unspecified atom stereocenters. The molecule has 2 aromatic heterocycles. The summed E-state index contributed by atoms with van der Waals surface area (Å²) in [4.78, 5) is 4.00. The van der Waals surface area contributed by atoms with E-state index in [0.29, 0.717) is 27.2 Å². The molecule has 9 heteroatoms. The van der Waals surface area contributed by atoms with E-state index in [9.17, 15) is 0 Å². The minimum absolute atomic E-state index is 0.224. The topological polar surface area (TPSA) is 70.7 Å². The van der Waals surface area contributed by atoms with E-state index in [2.05, 4.69) is 20.4 Å². The van der Waals surface area contributed by atoms with Gasteiger partial charge < -0.3 is 4.74 Å². The van der Waals surface area contributed by atoms with Gasteiger partial charge in [0, 0.05) is 10.6 Å². The van der Waals surface area contributed by atoms with Crippen LogP contribution in [0.15, 0.2) is 67.4 Å². The summed E-state index contributed by atoms with van der Waals surface area (Å²) in [6.07, 6.45) is 4.87. The summed E-state index contributed by atoms with van der Waals surface area (Å²) in [6, 6.07) is 15.0. The van der Waals surface area contributed by atoms with Gasteiger partial charge in [0.25, 0.3) is 0 Å². The Kier molecular flexibility index (Phi) is 5.59. The Bertz CT molecular complexity index is 1140. The van der Waals surface area contributed by atoms with Crippen molar-refractivity contribution < 1.29 is 4.74 Å². The van der Waals surface area contributed by atoms with Crippen molar-refractivity contribution in [1.29, 1.82) is 0 Å². The van der Waals surface area contributed by atoms with E-state index in [0.717, 1.165) is 11.3 Å². The van der Waals surface area contributed by atoms with Crippen molar-refractivity contribution in [2.45, 2.75) is 13.5 Å². The minimum atomic E-state index is 0.224. The maximum Gasteiger partial charge on any atom is 0.148 e. The van der Waals surface area contributed by atoms with Crippen molar-refractivity contribution >= 4 is 34.7 Å². The fourth-order valence-electron chi connectivity index (χ4n) is 2.77. The van der Waals surface area contributed by atoms with Crippen molar-refractivity contribution in [2.24, 2.45) is 0 Å². The number of halogens is 2. The van der Waals surface area contributed by atoms with Crippen LogP contribution in [-0.2, 0) is 11.3 Å². The molecule has 0 spiro atoms. The minimum Gasteiger partial charge on any atom is -0.485 e. The van der Waals surface area contributed by atoms with Gasteiger partial charge in [-0.05, 0) is 25.1 Å². The van der Waals surface area contributed by atoms with Crippen LogP contribution < -0.4 is 0 Å². The van der Waals surface area contributed by atoms with Crippen molar-refractivity contribution in [2.75, 3.05) is 0 Å². The molecule has 0 saturated carbocycles. The lowest BCUT2D eigenvalue weighted by Crippen LogP contribution is -2.02. The fraction of sp³-hybridized carbons (Fsp3) is 0.100. The van der Waals surface area contributed by atoms with E-state index in [-0.39, 0.29) is 6.61 Å². The molecule has 7 nitrogen and oxygen atoms in total. The van der Waals surface area contributed by atoms with Gasteiger partial charge in [-0.2, -0.15) is 5.10 Å². The second kappa shape index (κ2) is 8.46. The monoisotopic (exact) mass is 426 g/mol. The van der Waals surface area contributed by atoms with Crippen LogP contribution in [0.1, 0.15) is 18.2 Å². The highest BCUT2D eigenvalue weighted by molar-refractivity contribution is 6.35. The Hall–Kier alpha value is -3.16. The van der Waals surface area contributed by atoms with E-state index in [1.165, 1.54) is 6.33 Å². The molecule has 29 heavy (non-hydrogen) atoms. The lowest BCUT2D eigenvalue weighted by Gasteiger charge is -2.13. The summed E-state index contributed by atoms with van der Waals surface area (Å²) in [6.45, 7) is 2.14. The van der Waals surface area contributed by atoms with Gasteiger partial charge in [0.15, 0.2) is 0 Å². The van der Waals surface area contributed by atoms with Crippen LogP contribution in [0.2, 0.25) is 10.0 Å². The predicted molar refractivity (Wildman–Crippen MR) is 111 cm³/mol. The molecule has 0 N–H and O–H groups in total. The summed E-state index contributed by atoms with van der Waals surface area (Å²) in [5.74, 6) is 0.676. The Morgan fingerprint density at radius 2 is 1.93 bits per heavy atom. The van der Waals surface area contributed by atoms with E-state index >= 15 is 0 Å². The molecule has 0 amide bonds. The second-order valence-corrected chi connectivity index (χ2v) is 7.00. The van der Waals surface area contributed by atoms with Gasteiger partial charge >= 0.3 is 0 Å². The molecule has 0 saturated heterocycles. The molecule has 0 bridgehead atoms. The Morgan fingerprint density at radius 1 is 1.10 bits per heavy atom. The second-order valence-electron chi connectivity index (χ2n) is 6.16. The molecule has 0 atom stereocenters. The zero-order valence-electron chi connectivity index (χ0n) is 15.4. The van der Waals surface area contributed by atoms with Gasteiger partial charge in [-0.3, -0.25) is 0 Å². The van der Waals surface area contributed by atoms with Crippen LogP contribution >= 0.6 is 23.2 Å². The van der Waals surface area contributed by atoms with Gasteiger partial charge in [-0.15, -0.1) is 5.10 Å². The van der Waals surface area contributed by atoms with E-state index in [4.69, 9.17) is 27.9 Å². The number of ether oxygens (including phenoxy) is 1. The van der Waals surface area contributed by atoms with Crippen LogP contribution in [0.3, 0.4) is 0 Å². The first kappa shape index (κ1) is 19.2. The molecule has 0 fully saturated rings. The van der Waals surface area contributed by atoms with Crippen molar-refractivity contribution in [1.82, 2.24) is 29.8 Å². The molecular formula is C20H16Cl2N6O. The van der Waals surface area contributed by atoms with Crippen LogP contribution in [0.4, 0.5) is 0 Å². The number of nitrogens with zero attached hydrogens (tertiary/aromatic N) is 6. The molecular weight excluding hydrogens is 411 g/mol. The highest BCUT2D eigenvalue weighted by Gasteiger charge is 2.13. The number of allylic oxidation sites excluding steroid dienone is 1. The molecule has 2 heterocycles. The molecule has 0 aliphatic carbocycles. The molecule has 4 rings (SSSR count). The van der Waals surface area contributed by atoms with Crippen LogP contribution in [0.25, 0.3) is 17.1 Å². The summed E-state index contributed by atoms with van der Waals surface area (Å²) < 4.78 is 9.37. The maximum atomic E-state index is 6.25. The Balaban J connectivity index is 1.59. The molecule has 0 aliphatic heterocycles. The van der Waals surface area contributed by atoms with Gasteiger partial charge in [0.1, 0.15) is 30.7 Å². The van der Waals surface area contributed by atoms with Crippen LogP contribution in [0.5, 0.6) is 0 Å². The molecule has 2 aromatic carbocycles. The zero-order valence-corrected chi connectivity index (χ0v) is 16.9. The zero-order chi connectivity index (χ0) is 20.2. The van der Waals surface area contributed by atoms with Gasteiger partial charge in [-0.25, -0.2) is 14.3 Å². The van der Waals surface area contributed by atoms with Gasteiger partial charge in [0.2, 0.25) is 0 Å². The first-order valence-corrected chi connectivity index (χ1v) is 9.48. The van der Waals surface area contributed by atoms with E-state index in [1.807, 2.05) is 37.3 Å². The maximum absolute atomic E-state index is 6.25. The predicted octanol–water partition coefficient (Wildman–Crippen LogP) is 4.73. The quantitative estimate of drug-likeness (QED) is 0.416. The Morgan fingerprint density at radius 3 is 2.66 bits per heavy atom. The lowest BCUT2D eigenvalue weighted by atomic mass is 10.1. The fourth-order valence-corrected chi connectivity index (χ4v) is 3.26. The summed E-state index contributed by atoms with van der Waals surface area (Å²) in [7, 11) is 0. The number of hydrogen-bond donors (Lipinski definition) is 0. The third kappa shape index (κ3) is 4.31. The third-order valence-electron chi connectivity index (χ3n) is 4.19. The average molecular weight is 427 g/mol. The largest absolute Gasteiger partial charge is 0.485 e. The van der Waals surface area contributed by atoms with Gasteiger partial charge in [-0.1, -0.05) is 58.7 Å². The lowest BCUT2D eigenvalue weighted by molar-refractivity contribution is 0.259. The molecule has 0 radical (unpaired) electrons. The third-order valence-corrected chi connectivity index (χ3v) is 4.73. The normalized spacial score (nSPS) is 12.0. The number of aromatic nitrogens is 6. The van der Waals surface area contributed by atoms with Crippen LogP contribution in [-0.4, -0.2) is 29.8 Å². The van der Waals surface area contributed by atoms with Gasteiger partial charge in [0.05, 0.1) is 22.6 Å². The number of rotatable bonds is 6. The number of benzene rings is 2. The summed E-state index contributed by atoms with van der Waals surface area (Å²) in [5, 5.41) is 13.6. The molecule has 146 valence electrons. The Labute approximate surface area is 177 Å². The van der Waals surface area contributed by atoms with Crippen LogP contribution in [0, 0.1) is 0 Å². The first-order chi connectivity index (χ1) is 14.1. The highest BCUT2D eigenvalue weighted by Crippen LogP contribution is 2.25. The van der Waals surface area contributed by atoms with Crippen molar-refractivity contribution in [3.8, 4) is 5.69 Å². The molecule has 0 aliphatic rings. The van der Waals surface area contributed by atoms with Crippen molar-refractivity contribution in [3.05, 3.63) is 88.7 Å². The smallest absolute Gasteiger partial charge is 0.148 e. The standard InChI is InChI=1S/C20H16Cl2N6O/c1-14(28-13-23-12-24-28)20(15-5-3-2-4-6-15)29-11-17-10-27(26-25-17)19-8-7-16(21)9-18(19)22/h2-10,12-13H,11H2,1H3/b20-14-. The number of hydrogen-bond acceptors (Lipinski definition) is 5. The average Bonchev–Trinajstić information content (AvgIpc) is 3.41. The first-order valence-electron chi connectivity index (χ1n) is 8.72.